The zero-order valence-electron chi connectivity index (χ0n) is 10.3. The van der Waals surface area contributed by atoms with E-state index in [9.17, 15) is 0 Å². The van der Waals surface area contributed by atoms with Gasteiger partial charge in [0, 0.05) is 13.0 Å². The van der Waals surface area contributed by atoms with Crippen molar-refractivity contribution in [2.24, 2.45) is 5.73 Å². The number of benzene rings is 1. The van der Waals surface area contributed by atoms with Gasteiger partial charge in [0.25, 0.3) is 0 Å². The second-order valence-electron chi connectivity index (χ2n) is 4.17. The molecule has 0 bridgehead atoms. The van der Waals surface area contributed by atoms with E-state index < -0.39 is 0 Å². The molecule has 1 rings (SSSR count). The summed E-state index contributed by atoms with van der Waals surface area (Å²) in [7, 11) is 0. The molecule has 0 fully saturated rings. The Bertz CT molecular complexity index is 329. The lowest BCUT2D eigenvalue weighted by Gasteiger charge is -2.21. The first kappa shape index (κ1) is 13.7. The Balaban J connectivity index is 2.42. The monoisotopic (exact) mass is 231 g/mol. The van der Waals surface area contributed by atoms with E-state index in [-0.39, 0.29) is 0 Å². The SMILES string of the molecule is N#CCCCN(CCCN)Cc1ccccc1. The molecular formula is C14H21N3. The van der Waals surface area contributed by atoms with Crippen molar-refractivity contribution in [3.05, 3.63) is 35.9 Å². The normalized spacial score (nSPS) is 10.4. The molecule has 92 valence electrons. The molecule has 0 radical (unpaired) electrons. The number of nitrogens with zero attached hydrogens (tertiary/aromatic N) is 2. The van der Waals surface area contributed by atoms with Crippen LogP contribution in [0.4, 0.5) is 0 Å². The molecule has 3 heteroatoms. The summed E-state index contributed by atoms with van der Waals surface area (Å²) in [5, 5.41) is 8.56. The Morgan fingerprint density at radius 2 is 1.82 bits per heavy atom. The summed E-state index contributed by atoms with van der Waals surface area (Å²) in [6.45, 7) is 3.66. The predicted octanol–water partition coefficient (Wildman–Crippen LogP) is 2.14. The van der Waals surface area contributed by atoms with Crippen LogP contribution in [0, 0.1) is 11.3 Å². The Labute approximate surface area is 104 Å². The van der Waals surface area contributed by atoms with Crippen LogP contribution in [0.5, 0.6) is 0 Å². The Kier molecular flexibility index (Phi) is 7.04. The van der Waals surface area contributed by atoms with E-state index in [0.717, 1.165) is 39.0 Å². The van der Waals surface area contributed by atoms with E-state index in [1.54, 1.807) is 0 Å². The molecule has 1 aromatic carbocycles. The van der Waals surface area contributed by atoms with Gasteiger partial charge in [-0.2, -0.15) is 5.26 Å². The molecule has 0 atom stereocenters. The van der Waals surface area contributed by atoms with Gasteiger partial charge in [-0.25, -0.2) is 0 Å². The third kappa shape index (κ3) is 6.06. The summed E-state index contributed by atoms with van der Waals surface area (Å²) in [6, 6.07) is 12.6. The fourth-order valence-electron chi connectivity index (χ4n) is 1.81. The zero-order valence-corrected chi connectivity index (χ0v) is 10.3. The first-order valence-corrected chi connectivity index (χ1v) is 6.20. The van der Waals surface area contributed by atoms with E-state index >= 15 is 0 Å². The van der Waals surface area contributed by atoms with Gasteiger partial charge in [0.15, 0.2) is 0 Å². The third-order valence-corrected chi connectivity index (χ3v) is 2.69. The van der Waals surface area contributed by atoms with Crippen LogP contribution in [0.2, 0.25) is 0 Å². The van der Waals surface area contributed by atoms with Crippen molar-refractivity contribution in [2.45, 2.75) is 25.8 Å². The molecule has 2 N–H and O–H groups in total. The van der Waals surface area contributed by atoms with E-state index in [1.807, 2.05) is 6.07 Å². The highest BCUT2D eigenvalue weighted by Crippen LogP contribution is 2.06. The van der Waals surface area contributed by atoms with Crippen LogP contribution in [0.1, 0.15) is 24.8 Å². The van der Waals surface area contributed by atoms with Crippen LogP contribution in [-0.2, 0) is 6.54 Å². The van der Waals surface area contributed by atoms with Gasteiger partial charge in [-0.1, -0.05) is 30.3 Å². The maximum absolute atomic E-state index is 8.56. The van der Waals surface area contributed by atoms with Gasteiger partial charge in [0.05, 0.1) is 6.07 Å². The van der Waals surface area contributed by atoms with E-state index in [1.165, 1.54) is 5.56 Å². The van der Waals surface area contributed by atoms with Crippen LogP contribution in [-0.4, -0.2) is 24.5 Å². The molecule has 0 aliphatic heterocycles. The lowest BCUT2D eigenvalue weighted by Crippen LogP contribution is -2.27. The fourth-order valence-corrected chi connectivity index (χ4v) is 1.81. The van der Waals surface area contributed by atoms with Gasteiger partial charge in [0.1, 0.15) is 0 Å². The first-order chi connectivity index (χ1) is 8.36. The molecule has 0 saturated heterocycles. The summed E-state index contributed by atoms with van der Waals surface area (Å²) < 4.78 is 0. The third-order valence-electron chi connectivity index (χ3n) is 2.69. The fraction of sp³-hybridized carbons (Fsp3) is 0.500. The number of nitrogens with two attached hydrogens (primary N) is 1. The van der Waals surface area contributed by atoms with Gasteiger partial charge >= 0.3 is 0 Å². The molecule has 0 unspecified atom stereocenters. The Morgan fingerprint density at radius 1 is 1.12 bits per heavy atom. The summed E-state index contributed by atoms with van der Waals surface area (Å²) in [6.07, 6.45) is 2.58. The van der Waals surface area contributed by atoms with E-state index in [4.69, 9.17) is 11.0 Å². The summed E-state index contributed by atoms with van der Waals surface area (Å²) in [4.78, 5) is 2.37. The van der Waals surface area contributed by atoms with E-state index in [2.05, 4.69) is 35.2 Å². The summed E-state index contributed by atoms with van der Waals surface area (Å²) >= 11 is 0. The molecule has 0 spiro atoms. The molecule has 0 aliphatic rings. The number of unbranched alkanes of at least 4 members (excludes halogenated alkanes) is 1. The maximum Gasteiger partial charge on any atom is 0.0622 e. The van der Waals surface area contributed by atoms with Crippen molar-refractivity contribution in [2.75, 3.05) is 19.6 Å². The molecule has 17 heavy (non-hydrogen) atoms. The average Bonchev–Trinajstić information content (AvgIpc) is 2.37. The van der Waals surface area contributed by atoms with Gasteiger partial charge < -0.3 is 5.73 Å². The van der Waals surface area contributed by atoms with Crippen molar-refractivity contribution in [3.8, 4) is 6.07 Å². The first-order valence-electron chi connectivity index (χ1n) is 6.20. The molecule has 1 aromatic rings. The van der Waals surface area contributed by atoms with Crippen LogP contribution in [0.25, 0.3) is 0 Å². The van der Waals surface area contributed by atoms with Crippen molar-refractivity contribution < 1.29 is 0 Å². The lowest BCUT2D eigenvalue weighted by atomic mass is 10.2. The largest absolute Gasteiger partial charge is 0.330 e. The van der Waals surface area contributed by atoms with Crippen molar-refractivity contribution in [3.63, 3.8) is 0 Å². The standard InChI is InChI=1S/C14H21N3/c15-9-4-5-11-17(12-6-10-16)13-14-7-2-1-3-8-14/h1-3,7-8H,4-6,10-13,16H2. The quantitative estimate of drug-likeness (QED) is 0.697. The highest BCUT2D eigenvalue weighted by Gasteiger charge is 2.04. The molecule has 0 saturated carbocycles. The molecule has 0 aliphatic carbocycles. The number of hydrogen-bond donors (Lipinski definition) is 1. The molecule has 0 aromatic heterocycles. The predicted molar refractivity (Wildman–Crippen MR) is 70.2 cm³/mol. The van der Waals surface area contributed by atoms with Crippen molar-refractivity contribution in [1.29, 1.82) is 5.26 Å². The zero-order chi connectivity index (χ0) is 12.3. The molecule has 3 nitrogen and oxygen atoms in total. The molecular weight excluding hydrogens is 210 g/mol. The van der Waals surface area contributed by atoms with E-state index in [0.29, 0.717) is 6.42 Å². The minimum atomic E-state index is 0.633. The van der Waals surface area contributed by atoms with Crippen LogP contribution < -0.4 is 5.73 Å². The lowest BCUT2D eigenvalue weighted by molar-refractivity contribution is 0.261. The van der Waals surface area contributed by atoms with Crippen LogP contribution in [0.15, 0.2) is 30.3 Å². The molecule has 0 heterocycles. The number of rotatable bonds is 8. The number of nitriles is 1. The van der Waals surface area contributed by atoms with Gasteiger partial charge in [-0.15, -0.1) is 0 Å². The second-order valence-corrected chi connectivity index (χ2v) is 4.17. The topological polar surface area (TPSA) is 53.0 Å². The smallest absolute Gasteiger partial charge is 0.0622 e. The van der Waals surface area contributed by atoms with Crippen molar-refractivity contribution >= 4 is 0 Å². The average molecular weight is 231 g/mol. The van der Waals surface area contributed by atoms with Crippen LogP contribution in [0.3, 0.4) is 0 Å². The van der Waals surface area contributed by atoms with Crippen molar-refractivity contribution in [1.82, 2.24) is 4.90 Å². The summed E-state index contributed by atoms with van der Waals surface area (Å²) in [5.74, 6) is 0. The van der Waals surface area contributed by atoms with Gasteiger partial charge in [-0.3, -0.25) is 4.90 Å². The minimum Gasteiger partial charge on any atom is -0.330 e. The van der Waals surface area contributed by atoms with Gasteiger partial charge in [-0.05, 0) is 38.0 Å². The Morgan fingerprint density at radius 3 is 2.47 bits per heavy atom. The minimum absolute atomic E-state index is 0.633. The van der Waals surface area contributed by atoms with Crippen LogP contribution >= 0.6 is 0 Å². The molecule has 0 amide bonds. The second kappa shape index (κ2) is 8.74. The Hall–Kier alpha value is -1.37. The maximum atomic E-state index is 8.56. The highest BCUT2D eigenvalue weighted by atomic mass is 15.1. The summed E-state index contributed by atoms with van der Waals surface area (Å²) in [5.41, 5.74) is 6.87. The van der Waals surface area contributed by atoms with Gasteiger partial charge in [0.2, 0.25) is 0 Å². The highest BCUT2D eigenvalue weighted by molar-refractivity contribution is 5.14. The number of hydrogen-bond acceptors (Lipinski definition) is 3.